The first-order valence-electron chi connectivity index (χ1n) is 12.3. The number of aliphatic hydroxyl groups excluding tert-OH is 1. The fraction of sp³-hybridized carbons (Fsp3) is 0.542. The van der Waals surface area contributed by atoms with Crippen molar-refractivity contribution in [2.24, 2.45) is 5.92 Å². The number of para-hydroxylation sites is 1. The average Bonchev–Trinajstić information content (AvgIpc) is 3.23. The van der Waals surface area contributed by atoms with E-state index in [1.165, 1.54) is 35.5 Å². The highest BCUT2D eigenvalue weighted by Gasteiger charge is 2.39. The van der Waals surface area contributed by atoms with Crippen LogP contribution in [0.25, 0.3) is 0 Å². The molecular weight excluding hydrogens is 519 g/mol. The summed E-state index contributed by atoms with van der Waals surface area (Å²) in [4.78, 5) is 28.5. The monoisotopic (exact) mass is 554 g/mol. The lowest BCUT2D eigenvalue weighted by molar-refractivity contribution is -0.146. The van der Waals surface area contributed by atoms with Gasteiger partial charge in [-0.25, -0.2) is 9.36 Å². The molecule has 1 aliphatic heterocycles. The lowest BCUT2D eigenvalue weighted by Gasteiger charge is -2.25. The molecule has 2 unspecified atom stereocenters. The maximum Gasteiger partial charge on any atom is 0.459 e. The summed E-state index contributed by atoms with van der Waals surface area (Å²) in [5.41, 5.74) is 5.04. The molecule has 0 amide bonds. The lowest BCUT2D eigenvalue weighted by atomic mass is 10.1. The van der Waals surface area contributed by atoms with Crippen molar-refractivity contribution in [3.63, 3.8) is 0 Å². The average molecular weight is 555 g/mol. The summed E-state index contributed by atoms with van der Waals surface area (Å²) in [5.74, 6) is 0.0746. The van der Waals surface area contributed by atoms with Gasteiger partial charge in [-0.15, -0.1) is 11.8 Å². The smallest absolute Gasteiger partial charge is 0.459 e. The van der Waals surface area contributed by atoms with Gasteiger partial charge in [-0.05, 0) is 31.0 Å². The van der Waals surface area contributed by atoms with Crippen molar-refractivity contribution in [1.29, 1.82) is 0 Å². The SMILES string of the molecule is CCC(CC)COC(=O)[C@H](C)NP(=O)(OC[C@H]1S[C@@H](n2ccc(N)nc2=O)CC1O)Oc1ccccc1. The number of ether oxygens (including phenoxy) is 1. The van der Waals surface area contributed by atoms with Crippen LogP contribution in [-0.4, -0.2) is 51.2 Å². The zero-order chi connectivity index (χ0) is 27.0. The largest absolute Gasteiger partial charge is 0.464 e. The Morgan fingerprint density at radius 1 is 1.30 bits per heavy atom. The molecule has 0 spiro atoms. The van der Waals surface area contributed by atoms with Crippen LogP contribution in [0.5, 0.6) is 5.75 Å². The molecule has 0 aliphatic carbocycles. The highest BCUT2D eigenvalue weighted by atomic mass is 32.2. The molecule has 1 aromatic heterocycles. The number of anilines is 1. The number of rotatable bonds is 13. The molecule has 37 heavy (non-hydrogen) atoms. The van der Waals surface area contributed by atoms with Gasteiger partial charge in [0.1, 0.15) is 17.6 Å². The number of aliphatic hydroxyl groups is 1. The van der Waals surface area contributed by atoms with E-state index in [-0.39, 0.29) is 37.1 Å². The van der Waals surface area contributed by atoms with Crippen LogP contribution >= 0.6 is 19.5 Å². The highest BCUT2D eigenvalue weighted by molar-refractivity contribution is 8.00. The summed E-state index contributed by atoms with van der Waals surface area (Å²) in [6, 6.07) is 8.97. The van der Waals surface area contributed by atoms with Gasteiger partial charge in [-0.1, -0.05) is 44.9 Å². The number of carbonyl (C=O) groups is 1. The molecule has 0 radical (unpaired) electrons. The first kappa shape index (κ1) is 29.2. The van der Waals surface area contributed by atoms with Crippen LogP contribution < -0.4 is 21.0 Å². The minimum absolute atomic E-state index is 0.113. The van der Waals surface area contributed by atoms with E-state index in [0.29, 0.717) is 0 Å². The Hall–Kier alpha value is -2.37. The normalized spacial score (nSPS) is 21.9. The number of hydrogen-bond acceptors (Lipinski definition) is 10. The lowest BCUT2D eigenvalue weighted by Crippen LogP contribution is -2.36. The number of nitrogens with two attached hydrogens (primary N) is 1. The Bertz CT molecular complexity index is 1130. The summed E-state index contributed by atoms with van der Waals surface area (Å²) >= 11 is 1.29. The van der Waals surface area contributed by atoms with Gasteiger partial charge in [-0.3, -0.25) is 13.9 Å². The number of nitrogen functional groups attached to an aromatic ring is 1. The molecule has 4 N–H and O–H groups in total. The number of esters is 1. The van der Waals surface area contributed by atoms with Crippen molar-refractivity contribution in [2.45, 2.75) is 62.8 Å². The summed E-state index contributed by atoms with van der Waals surface area (Å²) in [6.07, 6.45) is 2.71. The van der Waals surface area contributed by atoms with Gasteiger partial charge in [0.05, 0.1) is 29.9 Å². The summed E-state index contributed by atoms with van der Waals surface area (Å²) in [5, 5.41) is 12.4. The third-order valence-corrected chi connectivity index (χ3v) is 9.24. The van der Waals surface area contributed by atoms with E-state index in [2.05, 4.69) is 10.1 Å². The Morgan fingerprint density at radius 3 is 2.65 bits per heavy atom. The Balaban J connectivity index is 1.68. The molecule has 204 valence electrons. The van der Waals surface area contributed by atoms with Crippen LogP contribution in [-0.2, 0) is 18.6 Å². The number of nitrogens with zero attached hydrogens (tertiary/aromatic N) is 2. The molecule has 1 saturated heterocycles. The number of carbonyl (C=O) groups excluding carboxylic acids is 1. The van der Waals surface area contributed by atoms with Gasteiger partial charge in [0.15, 0.2) is 0 Å². The molecule has 5 atom stereocenters. The molecule has 3 rings (SSSR count). The zero-order valence-corrected chi connectivity index (χ0v) is 22.9. The topological polar surface area (TPSA) is 155 Å². The second-order valence-electron chi connectivity index (χ2n) is 8.84. The first-order chi connectivity index (χ1) is 17.6. The fourth-order valence-electron chi connectivity index (χ4n) is 3.70. The quantitative estimate of drug-likeness (QED) is 0.247. The van der Waals surface area contributed by atoms with Gasteiger partial charge in [-0.2, -0.15) is 10.1 Å². The van der Waals surface area contributed by atoms with Crippen molar-refractivity contribution in [3.8, 4) is 5.75 Å². The molecule has 0 saturated carbocycles. The molecule has 0 bridgehead atoms. The Labute approximate surface area is 220 Å². The van der Waals surface area contributed by atoms with Crippen molar-refractivity contribution >= 4 is 31.3 Å². The van der Waals surface area contributed by atoms with Gasteiger partial charge in [0.25, 0.3) is 0 Å². The number of thioether (sulfide) groups is 1. The maximum atomic E-state index is 13.7. The first-order valence-corrected chi connectivity index (χ1v) is 14.7. The predicted octanol–water partition coefficient (Wildman–Crippen LogP) is 3.35. The van der Waals surface area contributed by atoms with E-state index in [9.17, 15) is 19.3 Å². The third kappa shape index (κ3) is 8.31. The molecule has 1 aliphatic rings. The van der Waals surface area contributed by atoms with Gasteiger partial charge < -0.3 is 20.1 Å². The molecule has 2 aromatic rings. The zero-order valence-electron chi connectivity index (χ0n) is 21.2. The molecule has 2 heterocycles. The Kier molecular flexibility index (Phi) is 10.6. The second kappa shape index (κ2) is 13.4. The Morgan fingerprint density at radius 2 is 2.00 bits per heavy atom. The van der Waals surface area contributed by atoms with Crippen molar-refractivity contribution in [3.05, 3.63) is 53.1 Å². The van der Waals surface area contributed by atoms with Crippen LogP contribution in [0.15, 0.2) is 47.4 Å². The maximum absolute atomic E-state index is 13.7. The van der Waals surface area contributed by atoms with E-state index < -0.39 is 42.2 Å². The standard InChI is InChI=1S/C24H35N4O7PS/c1-4-17(5-2)14-33-23(30)16(3)27-36(32,35-18-9-7-6-8-10-18)34-15-20-19(29)13-22(37-20)28-12-11-21(25)26-24(28)31/h6-12,16-17,19-20,22,29H,4-5,13-15H2,1-3H3,(H,27,32)(H2,25,26,31)/t16-,19?,20+,22+,36?/m0/s1. The van der Waals surface area contributed by atoms with Crippen molar-refractivity contribution in [2.75, 3.05) is 18.9 Å². The molecule has 1 aromatic carbocycles. The predicted molar refractivity (Wildman–Crippen MR) is 142 cm³/mol. The van der Waals surface area contributed by atoms with Crippen molar-refractivity contribution < 1.29 is 28.3 Å². The summed E-state index contributed by atoms with van der Waals surface area (Å²) in [7, 11) is -4.07. The van der Waals surface area contributed by atoms with Gasteiger partial charge >= 0.3 is 19.4 Å². The molecule has 1 fully saturated rings. The van der Waals surface area contributed by atoms with Gasteiger partial charge in [0, 0.05) is 12.6 Å². The molecular formula is C24H35N4O7PS. The second-order valence-corrected chi connectivity index (χ2v) is 12.0. The molecule has 11 nitrogen and oxygen atoms in total. The minimum Gasteiger partial charge on any atom is -0.464 e. The number of benzene rings is 1. The number of hydrogen-bond donors (Lipinski definition) is 3. The van der Waals surface area contributed by atoms with E-state index in [1.54, 1.807) is 30.3 Å². The van der Waals surface area contributed by atoms with Gasteiger partial charge in [0.2, 0.25) is 0 Å². The number of aromatic nitrogens is 2. The van der Waals surface area contributed by atoms with Crippen LogP contribution in [0.2, 0.25) is 0 Å². The van der Waals surface area contributed by atoms with Crippen LogP contribution in [0.1, 0.15) is 45.4 Å². The van der Waals surface area contributed by atoms with E-state index in [1.807, 2.05) is 13.8 Å². The van der Waals surface area contributed by atoms with E-state index in [4.69, 9.17) is 19.5 Å². The van der Waals surface area contributed by atoms with E-state index >= 15 is 0 Å². The third-order valence-electron chi connectivity index (χ3n) is 6.06. The highest BCUT2D eigenvalue weighted by Crippen LogP contribution is 2.48. The van der Waals surface area contributed by atoms with Crippen LogP contribution in [0, 0.1) is 5.92 Å². The van der Waals surface area contributed by atoms with Crippen LogP contribution in [0.3, 0.4) is 0 Å². The molecule has 13 heteroatoms. The van der Waals surface area contributed by atoms with Crippen molar-refractivity contribution in [1.82, 2.24) is 14.6 Å². The van der Waals surface area contributed by atoms with E-state index in [0.717, 1.165) is 12.8 Å². The fourth-order valence-corrected chi connectivity index (χ4v) is 6.76. The summed E-state index contributed by atoms with van der Waals surface area (Å²) < 4.78 is 31.9. The number of nitrogens with one attached hydrogen (secondary N) is 1. The summed E-state index contributed by atoms with van der Waals surface area (Å²) in [6.45, 7) is 5.69. The van der Waals surface area contributed by atoms with Crippen LogP contribution in [0.4, 0.5) is 5.82 Å². The minimum atomic E-state index is -4.07.